The van der Waals surface area contributed by atoms with Crippen LogP contribution in [0.3, 0.4) is 0 Å². The highest BCUT2D eigenvalue weighted by molar-refractivity contribution is 7.15. The van der Waals surface area contributed by atoms with Crippen LogP contribution in [0.15, 0.2) is 73.1 Å². The fraction of sp³-hybridized carbons (Fsp3) is 0.136. The molecular weight excluding hydrogens is 368 g/mol. The summed E-state index contributed by atoms with van der Waals surface area (Å²) in [6.45, 7) is 2.55. The quantitative estimate of drug-likeness (QED) is 0.527. The predicted octanol–water partition coefficient (Wildman–Crippen LogP) is 4.54. The summed E-state index contributed by atoms with van der Waals surface area (Å²) in [4.78, 5) is 18.1. The van der Waals surface area contributed by atoms with E-state index in [2.05, 4.69) is 27.5 Å². The second-order valence-corrected chi connectivity index (χ2v) is 7.65. The van der Waals surface area contributed by atoms with Gasteiger partial charge in [0.25, 0.3) is 5.91 Å². The second kappa shape index (κ2) is 8.19. The molecule has 6 heteroatoms. The van der Waals surface area contributed by atoms with Crippen LogP contribution in [0, 0.1) is 6.92 Å². The minimum atomic E-state index is -0.183. The number of aromatic nitrogens is 3. The Morgan fingerprint density at radius 3 is 2.39 bits per heavy atom. The fourth-order valence-electron chi connectivity index (χ4n) is 2.99. The first-order valence-electron chi connectivity index (χ1n) is 9.05. The Kier molecular flexibility index (Phi) is 5.30. The van der Waals surface area contributed by atoms with Crippen LogP contribution in [0.5, 0.6) is 0 Å². The topological polar surface area (TPSA) is 59.8 Å². The number of amides is 1. The van der Waals surface area contributed by atoms with Crippen molar-refractivity contribution in [3.63, 3.8) is 0 Å². The van der Waals surface area contributed by atoms with Crippen LogP contribution in [0.2, 0.25) is 0 Å². The van der Waals surface area contributed by atoms with Gasteiger partial charge in [-0.2, -0.15) is 5.10 Å². The molecule has 0 radical (unpaired) electrons. The normalized spacial score (nSPS) is 10.8. The number of nitrogens with zero attached hydrogens (tertiary/aromatic N) is 3. The molecule has 1 N–H and O–H groups in total. The van der Waals surface area contributed by atoms with Crippen LogP contribution in [-0.4, -0.2) is 20.7 Å². The van der Waals surface area contributed by atoms with Crippen molar-refractivity contribution in [2.24, 2.45) is 0 Å². The fourth-order valence-corrected chi connectivity index (χ4v) is 3.84. The number of anilines is 1. The smallest absolute Gasteiger partial charge is 0.260 e. The van der Waals surface area contributed by atoms with Crippen molar-refractivity contribution < 1.29 is 4.79 Å². The molecule has 0 saturated heterocycles. The lowest BCUT2D eigenvalue weighted by Gasteiger charge is -2.05. The molecule has 0 unspecified atom stereocenters. The molecule has 2 heterocycles. The third-order valence-electron chi connectivity index (χ3n) is 4.52. The molecule has 0 spiro atoms. The number of rotatable bonds is 6. The predicted molar refractivity (Wildman–Crippen MR) is 112 cm³/mol. The molecule has 0 bridgehead atoms. The van der Waals surface area contributed by atoms with Gasteiger partial charge in [-0.15, -0.1) is 11.3 Å². The third-order valence-corrected chi connectivity index (χ3v) is 5.43. The van der Waals surface area contributed by atoms with Gasteiger partial charge in [-0.1, -0.05) is 60.7 Å². The van der Waals surface area contributed by atoms with Crippen LogP contribution < -0.4 is 5.32 Å². The van der Waals surface area contributed by atoms with Gasteiger partial charge in [-0.25, -0.2) is 4.98 Å². The van der Waals surface area contributed by atoms with Gasteiger partial charge in [0.2, 0.25) is 0 Å². The number of hydrogen-bond acceptors (Lipinski definition) is 4. The Morgan fingerprint density at radius 2 is 1.68 bits per heavy atom. The Hall–Kier alpha value is -3.25. The van der Waals surface area contributed by atoms with E-state index in [4.69, 9.17) is 0 Å². The third kappa shape index (κ3) is 4.18. The van der Waals surface area contributed by atoms with E-state index in [0.29, 0.717) is 17.2 Å². The molecule has 2 aromatic heterocycles. The zero-order chi connectivity index (χ0) is 19.3. The Bertz CT molecular complexity index is 1070. The summed E-state index contributed by atoms with van der Waals surface area (Å²) in [6, 6.07) is 20.3. The summed E-state index contributed by atoms with van der Waals surface area (Å²) in [5.41, 5.74) is 3.77. The molecule has 0 saturated carbocycles. The lowest BCUT2D eigenvalue weighted by molar-refractivity contribution is 0.102. The van der Waals surface area contributed by atoms with E-state index in [1.807, 2.05) is 66.3 Å². The van der Waals surface area contributed by atoms with Crippen LogP contribution in [0.1, 0.15) is 32.1 Å². The number of thiazole rings is 1. The molecular formula is C22H20N4OS. The molecule has 0 aliphatic rings. The number of benzene rings is 2. The van der Waals surface area contributed by atoms with Crippen LogP contribution in [0.4, 0.5) is 5.13 Å². The Balaban J connectivity index is 1.43. The number of carbonyl (C=O) groups is 1. The van der Waals surface area contributed by atoms with Crippen molar-refractivity contribution in [2.75, 3.05) is 5.32 Å². The minimum absolute atomic E-state index is 0.183. The summed E-state index contributed by atoms with van der Waals surface area (Å²) in [7, 11) is 0. The molecule has 5 nitrogen and oxygen atoms in total. The minimum Gasteiger partial charge on any atom is -0.298 e. The molecule has 0 aliphatic heterocycles. The van der Waals surface area contributed by atoms with Gasteiger partial charge in [0.1, 0.15) is 0 Å². The molecule has 0 fully saturated rings. The van der Waals surface area contributed by atoms with E-state index in [0.717, 1.165) is 22.6 Å². The number of hydrogen-bond donors (Lipinski definition) is 1. The maximum Gasteiger partial charge on any atom is 0.260 e. The highest BCUT2D eigenvalue weighted by atomic mass is 32.1. The van der Waals surface area contributed by atoms with Crippen LogP contribution >= 0.6 is 11.3 Å². The molecule has 0 aliphatic carbocycles. The highest BCUT2D eigenvalue weighted by Crippen LogP contribution is 2.22. The Morgan fingerprint density at radius 1 is 1.00 bits per heavy atom. The van der Waals surface area contributed by atoms with E-state index in [1.165, 1.54) is 16.9 Å². The largest absolute Gasteiger partial charge is 0.298 e. The molecule has 0 atom stereocenters. The lowest BCUT2D eigenvalue weighted by atomic mass is 10.1. The Labute approximate surface area is 167 Å². The van der Waals surface area contributed by atoms with Gasteiger partial charge in [0.15, 0.2) is 5.13 Å². The van der Waals surface area contributed by atoms with E-state index >= 15 is 0 Å². The summed E-state index contributed by atoms with van der Waals surface area (Å²) in [5, 5.41) is 7.87. The summed E-state index contributed by atoms with van der Waals surface area (Å²) >= 11 is 1.50. The summed E-state index contributed by atoms with van der Waals surface area (Å²) in [5.74, 6) is -0.183. The van der Waals surface area contributed by atoms with Gasteiger partial charge in [0.05, 0.1) is 18.3 Å². The SMILES string of the molecule is Cc1c(C(=O)Nc2ncc(Cc3ccccc3)s2)cnn1Cc1ccccc1. The van der Waals surface area contributed by atoms with Crippen molar-refractivity contribution >= 4 is 22.4 Å². The first kappa shape index (κ1) is 18.1. The van der Waals surface area contributed by atoms with E-state index in [9.17, 15) is 4.79 Å². The summed E-state index contributed by atoms with van der Waals surface area (Å²) < 4.78 is 1.84. The standard InChI is InChI=1S/C22H20N4OS/c1-16-20(14-24-26(16)15-18-10-6-3-7-11-18)21(27)25-22-23-13-19(28-22)12-17-8-4-2-5-9-17/h2-11,13-14H,12,15H2,1H3,(H,23,25,27). The maximum atomic E-state index is 12.7. The first-order valence-corrected chi connectivity index (χ1v) is 9.87. The van der Waals surface area contributed by atoms with E-state index < -0.39 is 0 Å². The molecule has 140 valence electrons. The van der Waals surface area contributed by atoms with Gasteiger partial charge in [0, 0.05) is 23.2 Å². The van der Waals surface area contributed by atoms with Gasteiger partial charge < -0.3 is 0 Å². The van der Waals surface area contributed by atoms with Crippen LogP contribution in [-0.2, 0) is 13.0 Å². The second-order valence-electron chi connectivity index (χ2n) is 6.54. The molecule has 1 amide bonds. The average Bonchev–Trinajstić information content (AvgIpc) is 3.30. The summed E-state index contributed by atoms with van der Waals surface area (Å²) in [6.07, 6.45) is 4.24. The zero-order valence-corrected chi connectivity index (χ0v) is 16.3. The van der Waals surface area contributed by atoms with Crippen molar-refractivity contribution in [1.82, 2.24) is 14.8 Å². The molecule has 4 aromatic rings. The zero-order valence-electron chi connectivity index (χ0n) is 15.5. The highest BCUT2D eigenvalue weighted by Gasteiger charge is 2.16. The monoisotopic (exact) mass is 388 g/mol. The molecule has 2 aromatic carbocycles. The van der Waals surface area contributed by atoms with E-state index in [-0.39, 0.29) is 5.91 Å². The van der Waals surface area contributed by atoms with Crippen molar-refractivity contribution in [2.45, 2.75) is 19.9 Å². The van der Waals surface area contributed by atoms with Gasteiger partial charge in [-0.05, 0) is 18.1 Å². The lowest BCUT2D eigenvalue weighted by Crippen LogP contribution is -2.13. The van der Waals surface area contributed by atoms with Crippen molar-refractivity contribution in [3.05, 3.63) is 100 Å². The molecule has 28 heavy (non-hydrogen) atoms. The van der Waals surface area contributed by atoms with Gasteiger partial charge >= 0.3 is 0 Å². The van der Waals surface area contributed by atoms with Crippen molar-refractivity contribution in [3.8, 4) is 0 Å². The number of carbonyl (C=O) groups excluding carboxylic acids is 1. The maximum absolute atomic E-state index is 12.7. The molecule has 4 rings (SSSR count). The first-order chi connectivity index (χ1) is 13.7. The van der Waals surface area contributed by atoms with E-state index in [1.54, 1.807) is 6.20 Å². The van der Waals surface area contributed by atoms with Crippen LogP contribution in [0.25, 0.3) is 0 Å². The van der Waals surface area contributed by atoms with Crippen molar-refractivity contribution in [1.29, 1.82) is 0 Å². The number of nitrogens with one attached hydrogen (secondary N) is 1. The van der Waals surface area contributed by atoms with Gasteiger partial charge in [-0.3, -0.25) is 14.8 Å². The average molecular weight is 388 g/mol.